The Morgan fingerprint density at radius 1 is 1.20 bits per heavy atom. The summed E-state index contributed by atoms with van der Waals surface area (Å²) in [7, 11) is 0. The minimum Gasteiger partial charge on any atom is -0.366 e. The van der Waals surface area contributed by atoms with Crippen LogP contribution in [0.2, 0.25) is 0 Å². The molecule has 0 bridgehead atoms. The number of hydrogen-bond donors (Lipinski definition) is 2. The van der Waals surface area contributed by atoms with Crippen LogP contribution in [0.3, 0.4) is 0 Å². The van der Waals surface area contributed by atoms with Gasteiger partial charge in [-0.15, -0.1) is 12.4 Å². The van der Waals surface area contributed by atoms with Crippen LogP contribution in [-0.4, -0.2) is 55.6 Å². The van der Waals surface area contributed by atoms with Gasteiger partial charge in [0.05, 0.1) is 6.61 Å². The molecule has 2 aliphatic heterocycles. The van der Waals surface area contributed by atoms with Crippen molar-refractivity contribution in [3.05, 3.63) is 29.8 Å². The number of likely N-dealkylation sites (tertiary alicyclic amines) is 1. The normalized spacial score (nSPS) is 21.3. The summed E-state index contributed by atoms with van der Waals surface area (Å²) in [6, 6.07) is 7.09. The van der Waals surface area contributed by atoms with Gasteiger partial charge in [0.15, 0.2) is 0 Å². The highest BCUT2D eigenvalue weighted by Crippen LogP contribution is 2.19. The summed E-state index contributed by atoms with van der Waals surface area (Å²) in [4.78, 5) is 26.5. The van der Waals surface area contributed by atoms with E-state index >= 15 is 0 Å². The first-order chi connectivity index (χ1) is 11.6. The van der Waals surface area contributed by atoms with Gasteiger partial charge in [0, 0.05) is 37.4 Å². The molecule has 0 spiro atoms. The van der Waals surface area contributed by atoms with E-state index in [9.17, 15) is 9.59 Å². The van der Waals surface area contributed by atoms with E-state index in [1.54, 1.807) is 24.3 Å². The van der Waals surface area contributed by atoms with Crippen LogP contribution in [0.5, 0.6) is 0 Å². The number of hydrogen-bond acceptors (Lipinski definition) is 4. The van der Waals surface area contributed by atoms with Crippen LogP contribution in [0, 0.1) is 5.92 Å². The SMILES string of the molecule is CC1CCN(C(=O)c2ccc(NC(=O)C3CNCCO3)cc2)CC1.Cl. The molecule has 3 rings (SSSR count). The summed E-state index contributed by atoms with van der Waals surface area (Å²) in [5.74, 6) is 0.606. The van der Waals surface area contributed by atoms with Gasteiger partial charge in [0.2, 0.25) is 0 Å². The summed E-state index contributed by atoms with van der Waals surface area (Å²) < 4.78 is 5.43. The van der Waals surface area contributed by atoms with Crippen molar-refractivity contribution in [1.82, 2.24) is 10.2 Å². The third-order valence-electron chi connectivity index (χ3n) is 4.69. The van der Waals surface area contributed by atoms with Crippen LogP contribution in [0.15, 0.2) is 24.3 Å². The van der Waals surface area contributed by atoms with Crippen LogP contribution in [0.4, 0.5) is 5.69 Å². The number of halogens is 1. The van der Waals surface area contributed by atoms with Gasteiger partial charge < -0.3 is 20.3 Å². The van der Waals surface area contributed by atoms with Gasteiger partial charge in [-0.25, -0.2) is 0 Å². The zero-order chi connectivity index (χ0) is 16.9. The Kier molecular flexibility index (Phi) is 7.23. The van der Waals surface area contributed by atoms with Crippen molar-refractivity contribution in [3.63, 3.8) is 0 Å². The number of rotatable bonds is 3. The fourth-order valence-corrected chi connectivity index (χ4v) is 3.05. The lowest BCUT2D eigenvalue weighted by Gasteiger charge is -2.30. The van der Waals surface area contributed by atoms with E-state index in [1.807, 2.05) is 4.90 Å². The third kappa shape index (κ3) is 5.17. The standard InChI is InChI=1S/C18H25N3O3.ClH/c1-13-6-9-21(10-7-13)18(23)14-2-4-15(5-3-14)20-17(22)16-12-19-8-11-24-16;/h2-5,13,16,19H,6-12H2,1H3,(H,20,22);1H. The average molecular weight is 368 g/mol. The number of nitrogens with zero attached hydrogens (tertiary/aromatic N) is 1. The fraction of sp³-hybridized carbons (Fsp3) is 0.556. The number of benzene rings is 1. The molecule has 0 aromatic heterocycles. The van der Waals surface area contributed by atoms with E-state index in [4.69, 9.17) is 4.74 Å². The van der Waals surface area contributed by atoms with Gasteiger partial charge in [-0.2, -0.15) is 0 Å². The molecule has 1 aromatic carbocycles. The van der Waals surface area contributed by atoms with Crippen LogP contribution < -0.4 is 10.6 Å². The highest BCUT2D eigenvalue weighted by Gasteiger charge is 2.23. The lowest BCUT2D eigenvalue weighted by Crippen LogP contribution is -2.45. The lowest BCUT2D eigenvalue weighted by atomic mass is 9.98. The molecule has 0 radical (unpaired) electrons. The molecule has 1 aromatic rings. The number of piperidine rings is 1. The number of ether oxygens (including phenoxy) is 1. The quantitative estimate of drug-likeness (QED) is 0.856. The molecule has 2 amide bonds. The van der Waals surface area contributed by atoms with Gasteiger partial charge >= 0.3 is 0 Å². The predicted octanol–water partition coefficient (Wildman–Crippen LogP) is 1.91. The predicted molar refractivity (Wildman–Crippen MR) is 99.2 cm³/mol. The molecule has 1 atom stereocenters. The first kappa shape index (κ1) is 19.7. The Labute approximate surface area is 154 Å². The average Bonchev–Trinajstić information content (AvgIpc) is 2.63. The molecule has 0 saturated carbocycles. The molecular formula is C18H26ClN3O3. The maximum absolute atomic E-state index is 12.5. The van der Waals surface area contributed by atoms with Crippen molar-refractivity contribution in [1.29, 1.82) is 0 Å². The van der Waals surface area contributed by atoms with E-state index < -0.39 is 6.10 Å². The van der Waals surface area contributed by atoms with Crippen LogP contribution in [-0.2, 0) is 9.53 Å². The molecule has 2 fully saturated rings. The summed E-state index contributed by atoms with van der Waals surface area (Å²) in [5, 5.41) is 5.96. The van der Waals surface area contributed by atoms with Gasteiger partial charge in [-0.3, -0.25) is 9.59 Å². The maximum atomic E-state index is 12.5. The third-order valence-corrected chi connectivity index (χ3v) is 4.69. The van der Waals surface area contributed by atoms with Crippen molar-refractivity contribution in [2.75, 3.05) is 38.1 Å². The fourth-order valence-electron chi connectivity index (χ4n) is 3.05. The minimum absolute atomic E-state index is 0. The molecule has 2 N–H and O–H groups in total. The molecule has 138 valence electrons. The van der Waals surface area contributed by atoms with Gasteiger partial charge in [0.1, 0.15) is 6.10 Å². The molecule has 2 heterocycles. The van der Waals surface area contributed by atoms with Crippen LogP contribution >= 0.6 is 12.4 Å². The number of anilines is 1. The molecule has 2 saturated heterocycles. The van der Waals surface area contributed by atoms with Crippen LogP contribution in [0.1, 0.15) is 30.1 Å². The van der Waals surface area contributed by atoms with E-state index in [0.717, 1.165) is 32.5 Å². The first-order valence-corrected chi connectivity index (χ1v) is 8.66. The molecule has 6 nitrogen and oxygen atoms in total. The monoisotopic (exact) mass is 367 g/mol. The van der Waals surface area contributed by atoms with E-state index in [1.165, 1.54) is 0 Å². The Balaban J connectivity index is 0.00000225. The Morgan fingerprint density at radius 3 is 2.48 bits per heavy atom. The summed E-state index contributed by atoms with van der Waals surface area (Å²) >= 11 is 0. The number of carbonyl (C=O) groups is 2. The molecule has 0 aliphatic carbocycles. The van der Waals surface area contributed by atoms with Gasteiger partial charge in [-0.05, 0) is 43.0 Å². The van der Waals surface area contributed by atoms with Crippen molar-refractivity contribution < 1.29 is 14.3 Å². The second-order valence-corrected chi connectivity index (χ2v) is 6.60. The first-order valence-electron chi connectivity index (χ1n) is 8.66. The molecular weight excluding hydrogens is 342 g/mol. The Morgan fingerprint density at radius 2 is 1.88 bits per heavy atom. The Bertz CT molecular complexity index is 580. The molecule has 25 heavy (non-hydrogen) atoms. The lowest BCUT2D eigenvalue weighted by molar-refractivity contribution is -0.128. The number of nitrogens with one attached hydrogen (secondary N) is 2. The Hall–Kier alpha value is -1.63. The van der Waals surface area contributed by atoms with E-state index in [2.05, 4.69) is 17.6 Å². The van der Waals surface area contributed by atoms with Gasteiger partial charge in [-0.1, -0.05) is 6.92 Å². The van der Waals surface area contributed by atoms with Crippen molar-refractivity contribution in [3.8, 4) is 0 Å². The largest absolute Gasteiger partial charge is 0.366 e. The summed E-state index contributed by atoms with van der Waals surface area (Å²) in [5.41, 5.74) is 1.34. The second kappa shape index (κ2) is 9.17. The molecule has 7 heteroatoms. The maximum Gasteiger partial charge on any atom is 0.254 e. The number of amides is 2. The number of morpholine rings is 1. The smallest absolute Gasteiger partial charge is 0.254 e. The number of carbonyl (C=O) groups excluding carboxylic acids is 2. The van der Waals surface area contributed by atoms with E-state index in [0.29, 0.717) is 30.3 Å². The zero-order valence-electron chi connectivity index (χ0n) is 14.5. The van der Waals surface area contributed by atoms with Crippen molar-refractivity contribution in [2.45, 2.75) is 25.9 Å². The van der Waals surface area contributed by atoms with Crippen LogP contribution in [0.25, 0.3) is 0 Å². The van der Waals surface area contributed by atoms with Crippen molar-refractivity contribution >= 4 is 29.9 Å². The highest BCUT2D eigenvalue weighted by molar-refractivity contribution is 5.97. The summed E-state index contributed by atoms with van der Waals surface area (Å²) in [6.45, 7) is 5.71. The van der Waals surface area contributed by atoms with Crippen molar-refractivity contribution in [2.24, 2.45) is 5.92 Å². The second-order valence-electron chi connectivity index (χ2n) is 6.60. The molecule has 2 aliphatic rings. The minimum atomic E-state index is -0.463. The summed E-state index contributed by atoms with van der Waals surface area (Å²) in [6.07, 6.45) is 1.67. The van der Waals surface area contributed by atoms with Gasteiger partial charge in [0.25, 0.3) is 11.8 Å². The molecule has 1 unspecified atom stereocenters. The zero-order valence-corrected chi connectivity index (χ0v) is 15.3. The van der Waals surface area contributed by atoms with E-state index in [-0.39, 0.29) is 24.2 Å². The highest BCUT2D eigenvalue weighted by atomic mass is 35.5. The topological polar surface area (TPSA) is 70.7 Å².